The molecule has 0 N–H and O–H groups in total. The normalized spacial score (nSPS) is 13.2. The topological polar surface area (TPSA) is 0 Å². The Balaban J connectivity index is 2.62. The van der Waals surface area contributed by atoms with E-state index in [1.54, 1.807) is 5.30 Å². The van der Waals surface area contributed by atoms with E-state index in [1.165, 1.54) is 49.7 Å². The lowest BCUT2D eigenvalue weighted by molar-refractivity contribution is 0.412. The average molecular weight is 475 g/mol. The van der Waals surface area contributed by atoms with Crippen molar-refractivity contribution in [2.24, 2.45) is 5.41 Å². The van der Waals surface area contributed by atoms with Crippen molar-refractivity contribution in [1.82, 2.24) is 0 Å². The molecule has 0 fully saturated rings. The molecule has 0 aromatic heterocycles. The van der Waals surface area contributed by atoms with Crippen LogP contribution in [0.25, 0.3) is 21.9 Å². The van der Waals surface area contributed by atoms with E-state index in [1.807, 2.05) is 0 Å². The van der Waals surface area contributed by atoms with E-state index in [2.05, 4.69) is 126 Å². The zero-order valence-corrected chi connectivity index (χ0v) is 25.0. The van der Waals surface area contributed by atoms with Gasteiger partial charge in [0, 0.05) is 0 Å². The molecule has 1 heteroatoms. The number of benzene rings is 3. The zero-order chi connectivity index (χ0) is 25.8. The molecule has 0 aliphatic rings. The minimum atomic E-state index is -0.449. The van der Waals surface area contributed by atoms with Gasteiger partial charge in [-0.15, -0.1) is 0 Å². The molecule has 0 bridgehead atoms. The molecule has 0 amide bonds. The summed E-state index contributed by atoms with van der Waals surface area (Å²) in [5.41, 5.74) is 10.6. The fraction of sp³-hybridized carbons (Fsp3) is 0.515. The van der Waals surface area contributed by atoms with Crippen molar-refractivity contribution < 1.29 is 0 Å². The van der Waals surface area contributed by atoms with E-state index in [4.69, 9.17) is 0 Å². The molecule has 0 heterocycles. The summed E-state index contributed by atoms with van der Waals surface area (Å²) < 4.78 is 0. The van der Waals surface area contributed by atoms with Crippen LogP contribution in [0.1, 0.15) is 90.1 Å². The lowest BCUT2D eigenvalue weighted by Crippen LogP contribution is -2.34. The Morgan fingerprint density at radius 1 is 0.588 bits per heavy atom. The quantitative estimate of drug-likeness (QED) is 0.331. The van der Waals surface area contributed by atoms with Gasteiger partial charge >= 0.3 is 0 Å². The largest absolute Gasteiger partial charge is 0.0633 e. The summed E-state index contributed by atoms with van der Waals surface area (Å²) in [7, 11) is -0.449. The smallest absolute Gasteiger partial charge is 0.00628 e. The van der Waals surface area contributed by atoms with Gasteiger partial charge < -0.3 is 0 Å². The maximum absolute atomic E-state index is 2.46. The van der Waals surface area contributed by atoms with E-state index in [-0.39, 0.29) is 15.7 Å². The van der Waals surface area contributed by atoms with Gasteiger partial charge in [-0.3, -0.25) is 0 Å². The lowest BCUT2D eigenvalue weighted by Gasteiger charge is -2.44. The number of hydrogen-bond donors (Lipinski definition) is 0. The molecule has 0 saturated heterocycles. The molecule has 0 saturated carbocycles. The highest BCUT2D eigenvalue weighted by Crippen LogP contribution is 2.61. The molecule has 0 aliphatic carbocycles. The zero-order valence-electron chi connectivity index (χ0n) is 24.1. The summed E-state index contributed by atoms with van der Waals surface area (Å²) >= 11 is 0. The van der Waals surface area contributed by atoms with Crippen molar-refractivity contribution in [2.75, 3.05) is 0 Å². The van der Waals surface area contributed by atoms with Crippen LogP contribution in [0, 0.1) is 33.1 Å². The van der Waals surface area contributed by atoms with E-state index >= 15 is 0 Å². The van der Waals surface area contributed by atoms with Gasteiger partial charge in [-0.2, -0.15) is 0 Å². The van der Waals surface area contributed by atoms with Crippen LogP contribution in [0.15, 0.2) is 36.4 Å². The van der Waals surface area contributed by atoms with Crippen molar-refractivity contribution in [3.8, 4) is 11.1 Å². The van der Waals surface area contributed by atoms with E-state index in [0.29, 0.717) is 0 Å². The Morgan fingerprint density at radius 2 is 1.12 bits per heavy atom. The van der Waals surface area contributed by atoms with Crippen LogP contribution in [0.2, 0.25) is 0 Å². The molecule has 34 heavy (non-hydrogen) atoms. The minimum Gasteiger partial charge on any atom is -0.0633 e. The summed E-state index contributed by atoms with van der Waals surface area (Å²) in [5, 5.41) is 4.77. The first-order valence-electron chi connectivity index (χ1n) is 12.9. The Kier molecular flexibility index (Phi) is 7.21. The maximum atomic E-state index is 2.46. The molecule has 3 aromatic carbocycles. The number of fused-ring (bicyclic) bond motifs is 1. The second-order valence-electron chi connectivity index (χ2n) is 13.5. The average Bonchev–Trinajstić information content (AvgIpc) is 2.68. The highest BCUT2D eigenvalue weighted by molar-refractivity contribution is 7.69. The predicted molar refractivity (Wildman–Crippen MR) is 158 cm³/mol. The van der Waals surface area contributed by atoms with Gasteiger partial charge in [0.15, 0.2) is 0 Å². The molecule has 184 valence electrons. The van der Waals surface area contributed by atoms with Crippen molar-refractivity contribution in [3.63, 3.8) is 0 Å². The van der Waals surface area contributed by atoms with Gasteiger partial charge in [0.1, 0.15) is 0 Å². The fourth-order valence-corrected chi connectivity index (χ4v) is 10.2. The van der Waals surface area contributed by atoms with Gasteiger partial charge in [-0.1, -0.05) is 107 Å². The number of rotatable bonds is 3. The molecule has 3 aromatic rings. The first-order chi connectivity index (χ1) is 15.4. The second kappa shape index (κ2) is 9.09. The van der Waals surface area contributed by atoms with Gasteiger partial charge in [-0.25, -0.2) is 0 Å². The maximum Gasteiger partial charge on any atom is -0.00628 e. The third kappa shape index (κ3) is 5.14. The van der Waals surface area contributed by atoms with Crippen molar-refractivity contribution >= 4 is 24.0 Å². The summed E-state index contributed by atoms with van der Waals surface area (Å²) in [5.74, 6) is 0. The van der Waals surface area contributed by atoms with Crippen LogP contribution in [-0.2, 0) is 6.42 Å². The van der Waals surface area contributed by atoms with Gasteiger partial charge in [0.25, 0.3) is 0 Å². The molecule has 0 radical (unpaired) electrons. The SMILES string of the molecule is Cc1c(C)c(C)c(P(C(C)(C)C)C(C)(C)C)c(-c2c(CC(C)(C)C)ccc3ccccc23)c1C. The van der Waals surface area contributed by atoms with E-state index in [9.17, 15) is 0 Å². The van der Waals surface area contributed by atoms with Crippen LogP contribution in [0.3, 0.4) is 0 Å². The Hall–Kier alpha value is -1.65. The summed E-state index contributed by atoms with van der Waals surface area (Å²) in [6.07, 6.45) is 1.07. The van der Waals surface area contributed by atoms with Gasteiger partial charge in [0.2, 0.25) is 0 Å². The summed E-state index contributed by atoms with van der Waals surface area (Å²) in [6, 6.07) is 13.8. The van der Waals surface area contributed by atoms with E-state index in [0.717, 1.165) is 6.42 Å². The first kappa shape index (κ1) is 26.9. The van der Waals surface area contributed by atoms with E-state index < -0.39 is 7.92 Å². The second-order valence-corrected chi connectivity index (χ2v) is 17.3. The molecule has 0 spiro atoms. The van der Waals surface area contributed by atoms with Gasteiger partial charge in [0.05, 0.1) is 0 Å². The molecule has 0 unspecified atom stereocenters. The van der Waals surface area contributed by atoms with Gasteiger partial charge in [-0.05, 0) is 105 Å². The van der Waals surface area contributed by atoms with Crippen LogP contribution >= 0.6 is 7.92 Å². The molecule has 3 rings (SSSR count). The Bertz CT molecular complexity index is 1190. The fourth-order valence-electron chi connectivity index (χ4n) is 5.89. The Morgan fingerprint density at radius 3 is 1.65 bits per heavy atom. The van der Waals surface area contributed by atoms with Crippen LogP contribution in [0.5, 0.6) is 0 Å². The molecule has 0 nitrogen and oxygen atoms in total. The highest BCUT2D eigenvalue weighted by Gasteiger charge is 2.39. The molecular weight excluding hydrogens is 427 g/mol. The third-order valence-corrected chi connectivity index (χ3v) is 10.9. The summed E-state index contributed by atoms with van der Waals surface area (Å²) in [6.45, 7) is 31.3. The van der Waals surface area contributed by atoms with Crippen molar-refractivity contribution in [2.45, 2.75) is 107 Å². The van der Waals surface area contributed by atoms with Crippen LogP contribution < -0.4 is 5.30 Å². The molecule has 0 aliphatic heterocycles. The third-order valence-electron chi connectivity index (χ3n) is 7.21. The first-order valence-corrected chi connectivity index (χ1v) is 14.2. The molecular formula is C33H47P. The van der Waals surface area contributed by atoms with Crippen molar-refractivity contribution in [1.29, 1.82) is 0 Å². The molecule has 0 atom stereocenters. The van der Waals surface area contributed by atoms with Crippen LogP contribution in [0.4, 0.5) is 0 Å². The lowest BCUT2D eigenvalue weighted by atomic mass is 9.81. The monoisotopic (exact) mass is 474 g/mol. The van der Waals surface area contributed by atoms with Crippen LogP contribution in [-0.4, -0.2) is 10.3 Å². The standard InChI is InChI=1S/C33H47P/c1-21-22(2)24(4)30(34(32(8,9)10)33(11,12)13)28(23(21)3)29-26(20-31(5,6)7)19-18-25-16-14-15-17-27(25)29/h14-19H,20H2,1-13H3. The predicted octanol–water partition coefficient (Wildman–Crippen LogP) is 10.0. The van der Waals surface area contributed by atoms with Crippen molar-refractivity contribution in [3.05, 3.63) is 64.2 Å². The highest BCUT2D eigenvalue weighted by atomic mass is 31.1. The minimum absolute atomic E-state index is 0.204. The Labute approximate surface area is 211 Å². The number of hydrogen-bond acceptors (Lipinski definition) is 0. The summed E-state index contributed by atoms with van der Waals surface area (Å²) in [4.78, 5) is 0.